The summed E-state index contributed by atoms with van der Waals surface area (Å²) in [6.45, 7) is 49.0. The van der Waals surface area contributed by atoms with Crippen LogP contribution in [0.2, 0.25) is 0 Å². The molecule has 426 valence electrons. The number of aryl methyl sites for hydroxylation is 12. The van der Waals surface area contributed by atoms with Crippen LogP contribution in [0.3, 0.4) is 0 Å². The average Bonchev–Trinajstić information content (AvgIpc) is 3.50. The molecule has 8 aromatic carbocycles. The maximum Gasteiger partial charge on any atom is 0.0375 e. The third-order valence-corrected chi connectivity index (χ3v) is 12.1. The highest BCUT2D eigenvalue weighted by molar-refractivity contribution is 6.05. The van der Waals surface area contributed by atoms with Gasteiger partial charge in [-0.25, -0.2) is 0 Å². The number of hydrogen-bond donors (Lipinski definition) is 0. The molecule has 0 atom stereocenters. The van der Waals surface area contributed by atoms with E-state index >= 15 is 0 Å². The molecule has 80 heavy (non-hydrogen) atoms. The maximum absolute atomic E-state index is 4.17. The number of nitrogens with zero attached hydrogens (tertiary/aromatic N) is 3. The third kappa shape index (κ3) is 24.3. The zero-order valence-electron chi connectivity index (χ0n) is 54.2. The Morgan fingerprint density at radius 3 is 0.775 bits per heavy atom. The first kappa shape index (κ1) is 72.5. The predicted octanol–water partition coefficient (Wildman–Crippen LogP) is 23.9. The lowest BCUT2D eigenvalue weighted by Gasteiger charge is -2.11. The quantitative estimate of drug-likeness (QED) is 0.142. The standard InChI is InChI=1S/2C16H14.C12H12.3C7H9N.6C2H6/c1-11-3-5-13-10-16-8-12(2)4-6-14(16)9-15(13)7-11;1-11-13-7-3-5-9-15(13)12(2)16-10-6-4-8-14(11)16;1-9-5-3-8-12-10(2)6-4-7-11(9)12;2*1-6-3-4-7(2)8-5-6;1-6-4-3-5-7(2)8-6;6*1-2/h2*3-10H,1-2H3;3-8H,1-2H3;3*3-5H,1-2H3;6*1-2H3. The molecule has 0 fully saturated rings. The molecule has 0 radical (unpaired) electrons. The van der Waals surface area contributed by atoms with Crippen LogP contribution in [0.15, 0.2) is 188 Å². The van der Waals surface area contributed by atoms with Gasteiger partial charge in [0.1, 0.15) is 0 Å². The Kier molecular flexibility index (Phi) is 37.7. The van der Waals surface area contributed by atoms with Crippen molar-refractivity contribution in [2.75, 3.05) is 0 Å². The molecule has 0 saturated carbocycles. The number of fused-ring (bicyclic) bond motifs is 5. The summed E-state index contributed by atoms with van der Waals surface area (Å²) in [6.07, 6.45) is 3.74. The fraction of sp³-hybridized carbons (Fsp3) is 0.312. The molecule has 3 nitrogen and oxygen atoms in total. The van der Waals surface area contributed by atoms with Crippen LogP contribution in [-0.2, 0) is 0 Å². The second-order valence-electron chi connectivity index (χ2n) is 18.0. The lowest BCUT2D eigenvalue weighted by Crippen LogP contribution is -1.87. The van der Waals surface area contributed by atoms with Gasteiger partial charge in [-0.1, -0.05) is 234 Å². The van der Waals surface area contributed by atoms with E-state index in [1.807, 2.05) is 167 Å². The smallest absolute Gasteiger partial charge is 0.0375 e. The van der Waals surface area contributed by atoms with Crippen molar-refractivity contribution in [2.45, 2.75) is 166 Å². The number of aromatic nitrogens is 3. The summed E-state index contributed by atoms with van der Waals surface area (Å²) in [7, 11) is 0. The fourth-order valence-corrected chi connectivity index (χ4v) is 8.19. The lowest BCUT2D eigenvalue weighted by molar-refractivity contribution is 1.12. The van der Waals surface area contributed by atoms with Crippen LogP contribution in [0.1, 0.15) is 150 Å². The largest absolute Gasteiger partial charge is 0.261 e. The van der Waals surface area contributed by atoms with E-state index in [2.05, 4.69) is 202 Å². The van der Waals surface area contributed by atoms with Crippen LogP contribution in [0.25, 0.3) is 53.9 Å². The molecule has 3 aromatic heterocycles. The van der Waals surface area contributed by atoms with Gasteiger partial charge >= 0.3 is 0 Å². The van der Waals surface area contributed by atoms with Gasteiger partial charge < -0.3 is 0 Å². The Morgan fingerprint density at radius 2 is 0.512 bits per heavy atom. The van der Waals surface area contributed by atoms with Crippen molar-refractivity contribution in [1.82, 2.24) is 15.0 Å². The lowest BCUT2D eigenvalue weighted by atomic mass is 9.93. The zero-order valence-corrected chi connectivity index (χ0v) is 54.2. The SMILES string of the molecule is CC.CC.CC.CC.CC.CC.Cc1c2ccccc2c(C)c2ccccc12.Cc1ccc(C)nc1.Cc1ccc(C)nc1.Cc1ccc2cc3cc(C)ccc3cc2c1.Cc1cccc(C)n1.Cc1cccc2c(C)cccc12. The average molecular weight is 1070 g/mol. The van der Waals surface area contributed by atoms with Gasteiger partial charge in [0.15, 0.2) is 0 Å². The highest BCUT2D eigenvalue weighted by atomic mass is 14.7. The molecule has 0 aliphatic heterocycles. The summed E-state index contributed by atoms with van der Waals surface area (Å²) in [6, 6.07) is 62.1. The van der Waals surface area contributed by atoms with E-state index in [-0.39, 0.29) is 0 Å². The monoisotopic (exact) mass is 1070 g/mol. The molecule has 3 heterocycles. The predicted molar refractivity (Wildman–Crippen MR) is 364 cm³/mol. The van der Waals surface area contributed by atoms with E-state index in [1.165, 1.54) is 98.4 Å². The minimum atomic E-state index is 1.08. The topological polar surface area (TPSA) is 38.7 Å². The molecule has 0 amide bonds. The minimum Gasteiger partial charge on any atom is -0.261 e. The number of pyridine rings is 3. The highest BCUT2D eigenvalue weighted by Crippen LogP contribution is 2.31. The summed E-state index contributed by atoms with van der Waals surface area (Å²) in [4.78, 5) is 12.3. The maximum atomic E-state index is 4.17. The van der Waals surface area contributed by atoms with Gasteiger partial charge in [0.05, 0.1) is 0 Å². The van der Waals surface area contributed by atoms with Gasteiger partial charge in [0.25, 0.3) is 0 Å². The number of benzene rings is 8. The summed E-state index contributed by atoms with van der Waals surface area (Å²) < 4.78 is 0. The molecule has 11 rings (SSSR count). The van der Waals surface area contributed by atoms with Crippen LogP contribution < -0.4 is 0 Å². The normalized spacial score (nSPS) is 9.25. The third-order valence-electron chi connectivity index (χ3n) is 12.1. The molecule has 0 bridgehead atoms. The van der Waals surface area contributed by atoms with Gasteiger partial charge in [-0.3, -0.25) is 15.0 Å². The Hall–Kier alpha value is -7.49. The Morgan fingerprint density at radius 1 is 0.225 bits per heavy atom. The molecule has 0 aliphatic rings. The Bertz CT molecular complexity index is 3080. The van der Waals surface area contributed by atoms with Crippen LogP contribution >= 0.6 is 0 Å². The first-order chi connectivity index (χ1) is 38.7. The van der Waals surface area contributed by atoms with E-state index in [4.69, 9.17) is 0 Å². The molecule has 0 aliphatic carbocycles. The summed E-state index contributed by atoms with van der Waals surface area (Å²) in [5.41, 5.74) is 14.9. The van der Waals surface area contributed by atoms with Gasteiger partial charge in [-0.15, -0.1) is 0 Å². The van der Waals surface area contributed by atoms with E-state index in [1.54, 1.807) is 0 Å². The summed E-state index contributed by atoms with van der Waals surface area (Å²) >= 11 is 0. The van der Waals surface area contributed by atoms with Crippen molar-refractivity contribution in [3.8, 4) is 0 Å². The van der Waals surface area contributed by atoms with E-state index < -0.39 is 0 Å². The van der Waals surface area contributed by atoms with Crippen LogP contribution in [0, 0.1) is 83.1 Å². The zero-order chi connectivity index (χ0) is 60.7. The summed E-state index contributed by atoms with van der Waals surface area (Å²) in [5.74, 6) is 0. The molecule has 0 spiro atoms. The van der Waals surface area contributed by atoms with Crippen LogP contribution in [0.5, 0.6) is 0 Å². The molecule has 0 N–H and O–H groups in total. The second-order valence-corrected chi connectivity index (χ2v) is 18.0. The van der Waals surface area contributed by atoms with E-state index in [0.29, 0.717) is 0 Å². The number of hydrogen-bond acceptors (Lipinski definition) is 3. The summed E-state index contributed by atoms with van der Waals surface area (Å²) in [5, 5.41) is 13.5. The minimum absolute atomic E-state index is 1.08. The molecule has 0 unspecified atom stereocenters. The van der Waals surface area contributed by atoms with Crippen LogP contribution in [0.4, 0.5) is 0 Å². The van der Waals surface area contributed by atoms with Gasteiger partial charge in [0.2, 0.25) is 0 Å². The first-order valence-electron chi connectivity index (χ1n) is 29.6. The molecular formula is C77H103N3. The van der Waals surface area contributed by atoms with Crippen molar-refractivity contribution in [1.29, 1.82) is 0 Å². The molecular weight excluding hydrogens is 967 g/mol. The second kappa shape index (κ2) is 41.5. The van der Waals surface area contributed by atoms with Gasteiger partial charge in [0, 0.05) is 35.2 Å². The van der Waals surface area contributed by atoms with Crippen molar-refractivity contribution in [3.05, 3.63) is 256 Å². The van der Waals surface area contributed by atoms with Gasteiger partial charge in [-0.05, 0) is 207 Å². The van der Waals surface area contributed by atoms with Crippen molar-refractivity contribution < 1.29 is 0 Å². The van der Waals surface area contributed by atoms with E-state index in [9.17, 15) is 0 Å². The fourth-order valence-electron chi connectivity index (χ4n) is 8.19. The first-order valence-corrected chi connectivity index (χ1v) is 29.6. The molecule has 3 heteroatoms. The van der Waals surface area contributed by atoms with E-state index in [0.717, 1.165) is 22.8 Å². The van der Waals surface area contributed by atoms with Crippen LogP contribution in [-0.4, -0.2) is 15.0 Å². The van der Waals surface area contributed by atoms with Crippen molar-refractivity contribution in [3.63, 3.8) is 0 Å². The molecule has 0 saturated heterocycles. The highest BCUT2D eigenvalue weighted by Gasteiger charge is 2.07. The van der Waals surface area contributed by atoms with Crippen molar-refractivity contribution in [2.24, 2.45) is 0 Å². The molecule has 11 aromatic rings. The van der Waals surface area contributed by atoms with Crippen molar-refractivity contribution >= 4 is 53.9 Å². The Labute approximate surface area is 488 Å². The number of rotatable bonds is 0. The van der Waals surface area contributed by atoms with Gasteiger partial charge in [-0.2, -0.15) is 0 Å². The Balaban J connectivity index is 0.000000920.